The van der Waals surface area contributed by atoms with E-state index in [0.29, 0.717) is 19.2 Å². The number of halogens is 4. The summed E-state index contributed by atoms with van der Waals surface area (Å²) in [6.07, 6.45) is -4.67. The molecule has 0 spiro atoms. The SMILES string of the molecule is C[C@@H](C(N)=O)[NH+]1CCN(S(=O)(=O)c2cc(C(F)(F)F)ccc2Cl)CC1. The van der Waals surface area contributed by atoms with Crippen LogP contribution in [0.25, 0.3) is 0 Å². The van der Waals surface area contributed by atoms with Crippen molar-refractivity contribution in [2.75, 3.05) is 26.2 Å². The average Bonchev–Trinajstić information content (AvgIpc) is 2.53. The average molecular weight is 401 g/mol. The predicted molar refractivity (Wildman–Crippen MR) is 84.6 cm³/mol. The van der Waals surface area contributed by atoms with Crippen molar-refractivity contribution in [3.63, 3.8) is 0 Å². The molecule has 0 radical (unpaired) electrons. The topological polar surface area (TPSA) is 84.9 Å². The number of benzene rings is 1. The Kier molecular flexibility index (Phi) is 5.67. The summed E-state index contributed by atoms with van der Waals surface area (Å²) < 4.78 is 65.0. The molecule has 1 aromatic carbocycles. The number of alkyl halides is 3. The number of carbonyl (C=O) groups excluding carboxylic acids is 1. The first-order valence-electron chi connectivity index (χ1n) is 7.45. The van der Waals surface area contributed by atoms with Crippen molar-refractivity contribution in [2.45, 2.75) is 24.0 Å². The van der Waals surface area contributed by atoms with Crippen LogP contribution < -0.4 is 10.6 Å². The molecule has 140 valence electrons. The fourth-order valence-electron chi connectivity index (χ4n) is 2.66. The molecule has 1 atom stereocenters. The Morgan fingerprint density at radius 2 is 1.88 bits per heavy atom. The third-order valence-electron chi connectivity index (χ3n) is 4.28. The first kappa shape index (κ1) is 20.0. The molecule has 1 aromatic rings. The van der Waals surface area contributed by atoms with Crippen LogP contribution >= 0.6 is 11.6 Å². The van der Waals surface area contributed by atoms with Gasteiger partial charge in [-0.05, 0) is 25.1 Å². The number of amides is 1. The monoisotopic (exact) mass is 400 g/mol. The van der Waals surface area contributed by atoms with E-state index in [9.17, 15) is 26.4 Å². The van der Waals surface area contributed by atoms with Gasteiger partial charge in [-0.25, -0.2) is 8.42 Å². The zero-order valence-electron chi connectivity index (χ0n) is 13.3. The highest BCUT2D eigenvalue weighted by atomic mass is 35.5. The van der Waals surface area contributed by atoms with Crippen LogP contribution in [0.3, 0.4) is 0 Å². The van der Waals surface area contributed by atoms with E-state index in [1.165, 1.54) is 0 Å². The number of primary amides is 1. The molecule has 0 aromatic heterocycles. The van der Waals surface area contributed by atoms with Gasteiger partial charge < -0.3 is 10.6 Å². The van der Waals surface area contributed by atoms with Gasteiger partial charge >= 0.3 is 6.18 Å². The third kappa shape index (κ3) is 4.25. The number of piperazine rings is 1. The lowest BCUT2D eigenvalue weighted by Crippen LogP contribution is -3.19. The van der Waals surface area contributed by atoms with Crippen molar-refractivity contribution in [3.8, 4) is 0 Å². The molecule has 25 heavy (non-hydrogen) atoms. The number of hydrogen-bond acceptors (Lipinski definition) is 3. The second-order valence-electron chi connectivity index (χ2n) is 5.83. The molecule has 0 unspecified atom stereocenters. The van der Waals surface area contributed by atoms with E-state index in [-0.39, 0.29) is 18.1 Å². The lowest BCUT2D eigenvalue weighted by atomic mass is 10.2. The fourth-order valence-corrected chi connectivity index (χ4v) is 4.61. The number of sulfonamides is 1. The lowest BCUT2D eigenvalue weighted by molar-refractivity contribution is -0.917. The van der Waals surface area contributed by atoms with Gasteiger partial charge in [-0.2, -0.15) is 17.5 Å². The minimum atomic E-state index is -4.67. The fraction of sp³-hybridized carbons (Fsp3) is 0.500. The minimum Gasteiger partial charge on any atom is -0.365 e. The van der Waals surface area contributed by atoms with Crippen LogP contribution in [-0.4, -0.2) is 50.9 Å². The smallest absolute Gasteiger partial charge is 0.365 e. The van der Waals surface area contributed by atoms with E-state index < -0.39 is 38.6 Å². The predicted octanol–water partition coefficient (Wildman–Crippen LogP) is 0.122. The van der Waals surface area contributed by atoms with Crippen molar-refractivity contribution >= 4 is 27.5 Å². The molecule has 1 amide bonds. The molecular formula is C14H18ClF3N3O3S+. The summed E-state index contributed by atoms with van der Waals surface area (Å²) in [7, 11) is -4.17. The molecule has 3 N–H and O–H groups in total. The minimum absolute atomic E-state index is 0.0574. The first-order valence-corrected chi connectivity index (χ1v) is 9.27. The van der Waals surface area contributed by atoms with Gasteiger partial charge in [0.25, 0.3) is 5.91 Å². The second kappa shape index (κ2) is 7.10. The van der Waals surface area contributed by atoms with Crippen molar-refractivity contribution in [1.29, 1.82) is 0 Å². The van der Waals surface area contributed by atoms with E-state index in [4.69, 9.17) is 17.3 Å². The van der Waals surface area contributed by atoms with Gasteiger partial charge in [0.05, 0.1) is 36.8 Å². The Morgan fingerprint density at radius 1 is 1.32 bits per heavy atom. The Hall–Kier alpha value is -1.36. The molecule has 6 nitrogen and oxygen atoms in total. The molecule has 2 rings (SSSR count). The maximum Gasteiger partial charge on any atom is 0.416 e. The number of nitrogens with two attached hydrogens (primary N) is 1. The van der Waals surface area contributed by atoms with Crippen LogP contribution in [0.1, 0.15) is 12.5 Å². The van der Waals surface area contributed by atoms with Crippen LogP contribution in [0.15, 0.2) is 23.1 Å². The summed E-state index contributed by atoms with van der Waals surface area (Å²) in [6, 6.07) is 1.73. The number of nitrogens with zero attached hydrogens (tertiary/aromatic N) is 1. The Morgan fingerprint density at radius 3 is 2.36 bits per heavy atom. The van der Waals surface area contributed by atoms with Crippen LogP contribution in [0.5, 0.6) is 0 Å². The molecule has 1 aliphatic rings. The standard InChI is InChI=1S/C14H17ClF3N3O3S/c1-9(13(19)22)20-4-6-21(7-5-20)25(23,24)12-8-10(14(16,17)18)2-3-11(12)15/h2-3,8-9H,4-7H2,1H3,(H2,19,22)/p+1/t9-/m0/s1. The molecule has 11 heteroatoms. The summed E-state index contributed by atoms with van der Waals surface area (Å²) >= 11 is 5.83. The van der Waals surface area contributed by atoms with Gasteiger partial charge in [-0.1, -0.05) is 11.6 Å². The van der Waals surface area contributed by atoms with Gasteiger partial charge in [0.15, 0.2) is 6.04 Å². The van der Waals surface area contributed by atoms with E-state index in [0.717, 1.165) is 21.3 Å². The van der Waals surface area contributed by atoms with Gasteiger partial charge in [-0.15, -0.1) is 0 Å². The van der Waals surface area contributed by atoms with Crippen LogP contribution in [0.2, 0.25) is 5.02 Å². The summed E-state index contributed by atoms with van der Waals surface area (Å²) in [5.41, 5.74) is 4.16. The molecule has 0 aliphatic carbocycles. The van der Waals surface area contributed by atoms with Gasteiger partial charge in [-0.3, -0.25) is 4.79 Å². The van der Waals surface area contributed by atoms with Crippen LogP contribution in [-0.2, 0) is 21.0 Å². The van der Waals surface area contributed by atoms with Crippen LogP contribution in [0.4, 0.5) is 13.2 Å². The van der Waals surface area contributed by atoms with Crippen molar-refractivity contribution in [1.82, 2.24) is 4.31 Å². The van der Waals surface area contributed by atoms with Gasteiger partial charge in [0.1, 0.15) is 4.90 Å². The van der Waals surface area contributed by atoms with E-state index in [1.807, 2.05) is 0 Å². The zero-order valence-corrected chi connectivity index (χ0v) is 14.9. The Balaban J connectivity index is 2.25. The molecule has 1 aliphatic heterocycles. The number of carbonyl (C=O) groups is 1. The quantitative estimate of drug-likeness (QED) is 0.753. The third-order valence-corrected chi connectivity index (χ3v) is 6.66. The van der Waals surface area contributed by atoms with Crippen molar-refractivity contribution in [2.24, 2.45) is 5.73 Å². The second-order valence-corrected chi connectivity index (χ2v) is 8.14. The number of nitrogens with one attached hydrogen (secondary N) is 1. The summed E-state index contributed by atoms with van der Waals surface area (Å²) in [5.74, 6) is -0.493. The Labute approximate surface area is 148 Å². The summed E-state index contributed by atoms with van der Waals surface area (Å²) in [6.45, 7) is 2.40. The van der Waals surface area contributed by atoms with Crippen LogP contribution in [0, 0.1) is 0 Å². The molecule has 0 saturated carbocycles. The van der Waals surface area contributed by atoms with E-state index in [2.05, 4.69) is 0 Å². The maximum atomic E-state index is 12.8. The molecule has 1 saturated heterocycles. The van der Waals surface area contributed by atoms with Crippen molar-refractivity contribution in [3.05, 3.63) is 28.8 Å². The van der Waals surface area contributed by atoms with Crippen molar-refractivity contribution < 1.29 is 31.3 Å². The number of quaternary nitrogens is 1. The zero-order chi connectivity index (χ0) is 19.0. The largest absolute Gasteiger partial charge is 0.416 e. The lowest BCUT2D eigenvalue weighted by Gasteiger charge is -2.33. The maximum absolute atomic E-state index is 12.8. The van der Waals surface area contributed by atoms with Gasteiger partial charge in [0.2, 0.25) is 10.0 Å². The number of hydrogen-bond donors (Lipinski definition) is 2. The highest BCUT2D eigenvalue weighted by Gasteiger charge is 2.37. The molecular weight excluding hydrogens is 383 g/mol. The molecule has 1 heterocycles. The Bertz CT molecular complexity index is 762. The van der Waals surface area contributed by atoms with E-state index in [1.54, 1.807) is 6.92 Å². The normalized spacial score (nSPS) is 18.9. The number of rotatable bonds is 4. The first-order chi connectivity index (χ1) is 11.4. The highest BCUT2D eigenvalue weighted by molar-refractivity contribution is 7.89. The summed E-state index contributed by atoms with van der Waals surface area (Å²) in [4.78, 5) is 11.5. The van der Waals surface area contributed by atoms with Gasteiger partial charge in [0, 0.05) is 0 Å². The van der Waals surface area contributed by atoms with E-state index >= 15 is 0 Å². The molecule has 1 fully saturated rings. The highest BCUT2D eigenvalue weighted by Crippen LogP contribution is 2.34. The summed E-state index contributed by atoms with van der Waals surface area (Å²) in [5, 5.41) is -0.270. The molecule has 0 bridgehead atoms.